The molecule has 34 heavy (non-hydrogen) atoms. The van der Waals surface area contributed by atoms with Gasteiger partial charge in [0, 0.05) is 16.2 Å². The summed E-state index contributed by atoms with van der Waals surface area (Å²) in [6.07, 6.45) is 7.78. The van der Waals surface area contributed by atoms with Crippen molar-refractivity contribution in [1.29, 1.82) is 0 Å². The number of hydrogen-bond donors (Lipinski definition) is 0. The molecule has 1 nitrogen and oxygen atoms in total. The lowest BCUT2D eigenvalue weighted by molar-refractivity contribution is 0.590. The molecule has 0 radical (unpaired) electrons. The summed E-state index contributed by atoms with van der Waals surface area (Å²) in [5, 5.41) is 2.42. The fourth-order valence-corrected chi connectivity index (χ4v) is 6.91. The average molecular weight is 439 g/mol. The normalized spacial score (nSPS) is 26.4. The first-order valence-corrected chi connectivity index (χ1v) is 12.5. The SMILES string of the molecule is Cc1cccc2oc3ccc(-c4ccccc4-c4ccccc4C45C=CC6CC6C4C5)cc3c12. The number of furan rings is 1. The molecule has 3 aliphatic carbocycles. The second kappa shape index (κ2) is 6.51. The van der Waals surface area contributed by atoms with Crippen LogP contribution >= 0.6 is 0 Å². The molecule has 0 amide bonds. The van der Waals surface area contributed by atoms with Crippen LogP contribution in [0.1, 0.15) is 24.0 Å². The standard InChI is InChI=1S/C33H26O/c1-20-7-6-12-31-32(20)27-18-21(13-14-30(27)34-31)23-8-2-3-9-24(23)25-10-4-5-11-28(25)33-16-15-22-17-26(22)29(33)19-33/h2-16,18,22,26,29H,17,19H2,1H3. The molecule has 5 aromatic rings. The van der Waals surface area contributed by atoms with Gasteiger partial charge in [-0.25, -0.2) is 0 Å². The number of allylic oxidation sites excluding steroid dienone is 2. The van der Waals surface area contributed by atoms with Crippen LogP contribution in [0.15, 0.2) is 101 Å². The summed E-state index contributed by atoms with van der Waals surface area (Å²) in [6.45, 7) is 2.17. The fourth-order valence-electron chi connectivity index (χ4n) is 6.91. The molecule has 0 spiro atoms. The van der Waals surface area contributed by atoms with Crippen LogP contribution in [0.4, 0.5) is 0 Å². The van der Waals surface area contributed by atoms with Crippen LogP contribution in [-0.4, -0.2) is 0 Å². The Kier molecular flexibility index (Phi) is 3.60. The second-order valence-electron chi connectivity index (χ2n) is 10.6. The zero-order valence-corrected chi connectivity index (χ0v) is 19.3. The molecule has 1 aromatic heterocycles. The Hall–Kier alpha value is -3.58. The van der Waals surface area contributed by atoms with Crippen molar-refractivity contribution >= 4 is 21.9 Å². The van der Waals surface area contributed by atoms with Crippen LogP contribution in [0.25, 0.3) is 44.2 Å². The minimum absolute atomic E-state index is 0.253. The van der Waals surface area contributed by atoms with Crippen molar-refractivity contribution in [2.45, 2.75) is 25.2 Å². The van der Waals surface area contributed by atoms with E-state index in [2.05, 4.69) is 104 Å². The largest absolute Gasteiger partial charge is 0.456 e. The molecule has 3 aliphatic rings. The molecule has 0 bridgehead atoms. The Morgan fingerprint density at radius 2 is 1.62 bits per heavy atom. The van der Waals surface area contributed by atoms with Gasteiger partial charge in [-0.1, -0.05) is 78.9 Å². The van der Waals surface area contributed by atoms with Gasteiger partial charge in [-0.3, -0.25) is 0 Å². The molecule has 8 rings (SSSR count). The van der Waals surface area contributed by atoms with Crippen LogP contribution in [-0.2, 0) is 5.41 Å². The topological polar surface area (TPSA) is 13.1 Å². The van der Waals surface area contributed by atoms with E-state index in [0.717, 1.165) is 28.9 Å². The van der Waals surface area contributed by atoms with Gasteiger partial charge in [-0.15, -0.1) is 0 Å². The summed E-state index contributed by atoms with van der Waals surface area (Å²) in [6, 6.07) is 31.1. The Morgan fingerprint density at radius 1 is 0.794 bits per heavy atom. The van der Waals surface area contributed by atoms with Crippen molar-refractivity contribution in [2.75, 3.05) is 0 Å². The van der Waals surface area contributed by atoms with Gasteiger partial charge in [0.1, 0.15) is 11.2 Å². The van der Waals surface area contributed by atoms with Gasteiger partial charge in [-0.2, -0.15) is 0 Å². The number of rotatable bonds is 3. The highest BCUT2D eigenvalue weighted by atomic mass is 16.3. The Balaban J connectivity index is 1.32. The first-order valence-electron chi connectivity index (χ1n) is 12.5. The molecule has 2 fully saturated rings. The Labute approximate surface area is 199 Å². The number of aryl methyl sites for hydroxylation is 1. The molecule has 0 N–H and O–H groups in total. The van der Waals surface area contributed by atoms with Crippen LogP contribution in [0.3, 0.4) is 0 Å². The highest BCUT2D eigenvalue weighted by molar-refractivity contribution is 6.08. The van der Waals surface area contributed by atoms with E-state index in [1.54, 1.807) is 0 Å². The van der Waals surface area contributed by atoms with Gasteiger partial charge >= 0.3 is 0 Å². The van der Waals surface area contributed by atoms with E-state index in [-0.39, 0.29) is 5.41 Å². The zero-order valence-electron chi connectivity index (χ0n) is 19.3. The minimum atomic E-state index is 0.253. The van der Waals surface area contributed by atoms with E-state index >= 15 is 0 Å². The predicted octanol–water partition coefficient (Wildman–Crippen LogP) is 8.69. The van der Waals surface area contributed by atoms with Crippen molar-refractivity contribution in [1.82, 2.24) is 0 Å². The summed E-state index contributed by atoms with van der Waals surface area (Å²) >= 11 is 0. The maximum absolute atomic E-state index is 6.16. The summed E-state index contributed by atoms with van der Waals surface area (Å²) in [5.41, 5.74) is 10.2. The van der Waals surface area contributed by atoms with E-state index in [1.807, 2.05) is 0 Å². The number of hydrogen-bond acceptors (Lipinski definition) is 1. The number of benzene rings is 4. The summed E-state index contributed by atoms with van der Waals surface area (Å²) < 4.78 is 6.16. The van der Waals surface area contributed by atoms with Crippen LogP contribution < -0.4 is 0 Å². The smallest absolute Gasteiger partial charge is 0.135 e. The van der Waals surface area contributed by atoms with E-state index in [1.165, 1.54) is 57.0 Å². The van der Waals surface area contributed by atoms with E-state index < -0.39 is 0 Å². The lowest BCUT2D eigenvalue weighted by atomic mass is 9.81. The Morgan fingerprint density at radius 3 is 2.53 bits per heavy atom. The fraction of sp³-hybridized carbons (Fsp3) is 0.212. The monoisotopic (exact) mass is 438 g/mol. The average Bonchev–Trinajstić information content (AvgIpc) is 3.77. The summed E-state index contributed by atoms with van der Waals surface area (Å²) in [7, 11) is 0. The van der Waals surface area contributed by atoms with Gasteiger partial charge in [0.25, 0.3) is 0 Å². The molecular weight excluding hydrogens is 412 g/mol. The van der Waals surface area contributed by atoms with Crippen molar-refractivity contribution in [3.63, 3.8) is 0 Å². The maximum Gasteiger partial charge on any atom is 0.135 e. The van der Waals surface area contributed by atoms with Crippen molar-refractivity contribution in [3.05, 3.63) is 108 Å². The van der Waals surface area contributed by atoms with Crippen molar-refractivity contribution in [3.8, 4) is 22.3 Å². The molecule has 1 heteroatoms. The highest BCUT2D eigenvalue weighted by Crippen LogP contribution is 2.70. The van der Waals surface area contributed by atoms with E-state index in [4.69, 9.17) is 4.42 Å². The number of fused-ring (bicyclic) bond motifs is 6. The van der Waals surface area contributed by atoms with Gasteiger partial charge < -0.3 is 4.42 Å². The van der Waals surface area contributed by atoms with Gasteiger partial charge in [-0.05, 0) is 89.1 Å². The van der Waals surface area contributed by atoms with E-state index in [0.29, 0.717) is 0 Å². The Bertz CT molecular complexity index is 1650. The van der Waals surface area contributed by atoms with Gasteiger partial charge in [0.2, 0.25) is 0 Å². The van der Waals surface area contributed by atoms with Crippen LogP contribution in [0, 0.1) is 24.7 Å². The van der Waals surface area contributed by atoms with Crippen LogP contribution in [0.2, 0.25) is 0 Å². The zero-order chi connectivity index (χ0) is 22.4. The second-order valence-corrected chi connectivity index (χ2v) is 10.6. The molecule has 4 atom stereocenters. The van der Waals surface area contributed by atoms with Crippen molar-refractivity contribution in [2.24, 2.45) is 17.8 Å². The molecule has 1 heterocycles. The molecule has 0 saturated heterocycles. The van der Waals surface area contributed by atoms with Crippen LogP contribution in [0.5, 0.6) is 0 Å². The lowest BCUT2D eigenvalue weighted by Gasteiger charge is -2.22. The molecule has 2 saturated carbocycles. The molecule has 0 aliphatic heterocycles. The third-order valence-corrected chi connectivity index (χ3v) is 8.77. The van der Waals surface area contributed by atoms with Gasteiger partial charge in [0.15, 0.2) is 0 Å². The summed E-state index contributed by atoms with van der Waals surface area (Å²) in [4.78, 5) is 0. The van der Waals surface area contributed by atoms with Gasteiger partial charge in [0.05, 0.1) is 0 Å². The summed E-state index contributed by atoms with van der Waals surface area (Å²) in [5.74, 6) is 2.63. The first kappa shape index (κ1) is 18.8. The molecule has 4 aromatic carbocycles. The molecule has 164 valence electrons. The molecular formula is C33H26O. The third-order valence-electron chi connectivity index (χ3n) is 8.77. The van der Waals surface area contributed by atoms with E-state index in [9.17, 15) is 0 Å². The lowest BCUT2D eigenvalue weighted by Crippen LogP contribution is -2.12. The maximum atomic E-state index is 6.16. The van der Waals surface area contributed by atoms with Crippen molar-refractivity contribution < 1.29 is 4.42 Å². The minimum Gasteiger partial charge on any atom is -0.456 e. The quantitative estimate of drug-likeness (QED) is 0.257. The predicted molar refractivity (Wildman–Crippen MR) is 140 cm³/mol. The third kappa shape index (κ3) is 2.50. The molecule has 4 unspecified atom stereocenters. The highest BCUT2D eigenvalue weighted by Gasteiger charge is 2.65. The first-order chi connectivity index (χ1) is 16.7.